The van der Waals surface area contributed by atoms with Crippen molar-refractivity contribution < 1.29 is 4.79 Å². The molecule has 0 fully saturated rings. The number of carbonyl (C=O) groups excluding carboxylic acids is 1. The van der Waals surface area contributed by atoms with Crippen molar-refractivity contribution in [3.05, 3.63) is 41.5 Å². The molecule has 1 heterocycles. The second kappa shape index (κ2) is 3.98. The third-order valence-corrected chi connectivity index (χ3v) is 3.38. The highest BCUT2D eigenvalue weighted by atomic mass is 32.1. The molecule has 82 valence electrons. The van der Waals surface area contributed by atoms with Gasteiger partial charge in [-0.15, -0.1) is 11.3 Å². The Labute approximate surface area is 97.7 Å². The molecular weight excluding hydrogens is 220 g/mol. The number of hydrogen-bond acceptors (Lipinski definition) is 3. The molecule has 0 saturated heterocycles. The summed E-state index contributed by atoms with van der Waals surface area (Å²) in [6.45, 7) is 2.03. The Kier molecular flexibility index (Phi) is 2.66. The molecule has 1 aromatic carbocycles. The normalized spacial score (nSPS) is 10.3. The minimum Gasteiger partial charge on any atom is -0.390 e. The van der Waals surface area contributed by atoms with Gasteiger partial charge in [-0.25, -0.2) is 0 Å². The lowest BCUT2D eigenvalue weighted by molar-refractivity contribution is 0.100. The SMILES string of the molecule is Cc1ccc(-c2cc(C(N)=O)c(N)s2)cc1. The summed E-state index contributed by atoms with van der Waals surface area (Å²) in [5.74, 6) is -0.480. The Morgan fingerprint density at radius 3 is 2.38 bits per heavy atom. The Morgan fingerprint density at radius 2 is 1.88 bits per heavy atom. The molecule has 2 rings (SSSR count). The van der Waals surface area contributed by atoms with Crippen LogP contribution < -0.4 is 11.5 Å². The van der Waals surface area contributed by atoms with E-state index in [1.54, 1.807) is 6.07 Å². The maximum absolute atomic E-state index is 11.1. The van der Waals surface area contributed by atoms with E-state index < -0.39 is 5.91 Å². The summed E-state index contributed by atoms with van der Waals surface area (Å²) in [5, 5.41) is 0.475. The van der Waals surface area contributed by atoms with E-state index in [0.717, 1.165) is 10.4 Å². The molecule has 2 aromatic rings. The number of carbonyl (C=O) groups is 1. The summed E-state index contributed by atoms with van der Waals surface area (Å²) in [6.07, 6.45) is 0. The number of amides is 1. The van der Waals surface area contributed by atoms with Crippen molar-refractivity contribution in [2.75, 3.05) is 5.73 Å². The number of benzene rings is 1. The van der Waals surface area contributed by atoms with E-state index in [9.17, 15) is 4.79 Å². The van der Waals surface area contributed by atoms with Crippen molar-refractivity contribution in [3.8, 4) is 10.4 Å². The fourth-order valence-electron chi connectivity index (χ4n) is 1.46. The number of nitrogens with two attached hydrogens (primary N) is 2. The average molecular weight is 232 g/mol. The number of aryl methyl sites for hydroxylation is 1. The van der Waals surface area contributed by atoms with Gasteiger partial charge in [-0.1, -0.05) is 29.8 Å². The van der Waals surface area contributed by atoms with Crippen LogP contribution in [0.4, 0.5) is 5.00 Å². The van der Waals surface area contributed by atoms with Crippen molar-refractivity contribution in [1.82, 2.24) is 0 Å². The zero-order valence-corrected chi connectivity index (χ0v) is 9.67. The van der Waals surface area contributed by atoms with Crippen molar-refractivity contribution in [3.63, 3.8) is 0 Å². The topological polar surface area (TPSA) is 69.1 Å². The highest BCUT2D eigenvalue weighted by Crippen LogP contribution is 2.33. The molecule has 0 unspecified atom stereocenters. The van der Waals surface area contributed by atoms with Gasteiger partial charge in [0.1, 0.15) is 0 Å². The predicted molar refractivity (Wildman–Crippen MR) is 67.4 cm³/mol. The van der Waals surface area contributed by atoms with Crippen LogP contribution in [0.1, 0.15) is 15.9 Å². The predicted octanol–water partition coefficient (Wildman–Crippen LogP) is 2.40. The Bertz CT molecular complexity index is 528. The fourth-order valence-corrected chi connectivity index (χ4v) is 2.39. The lowest BCUT2D eigenvalue weighted by Crippen LogP contribution is -2.11. The molecule has 1 amide bonds. The molecule has 0 bridgehead atoms. The molecular formula is C12H12N2OS. The van der Waals surface area contributed by atoms with Crippen LogP contribution in [0, 0.1) is 6.92 Å². The van der Waals surface area contributed by atoms with E-state index in [4.69, 9.17) is 11.5 Å². The maximum atomic E-state index is 11.1. The van der Waals surface area contributed by atoms with Gasteiger partial charge >= 0.3 is 0 Å². The summed E-state index contributed by atoms with van der Waals surface area (Å²) in [7, 11) is 0. The van der Waals surface area contributed by atoms with E-state index in [-0.39, 0.29) is 0 Å². The van der Waals surface area contributed by atoms with Crippen molar-refractivity contribution in [1.29, 1.82) is 0 Å². The zero-order valence-electron chi connectivity index (χ0n) is 8.86. The van der Waals surface area contributed by atoms with Crippen LogP contribution in [-0.4, -0.2) is 5.91 Å². The number of hydrogen-bond donors (Lipinski definition) is 2. The number of nitrogen functional groups attached to an aromatic ring is 1. The van der Waals surface area contributed by atoms with Gasteiger partial charge in [-0.3, -0.25) is 4.79 Å². The Hall–Kier alpha value is -1.81. The van der Waals surface area contributed by atoms with Gasteiger partial charge in [-0.2, -0.15) is 0 Å². The second-order valence-corrected chi connectivity index (χ2v) is 4.70. The minimum absolute atomic E-state index is 0.403. The molecule has 4 heteroatoms. The first-order valence-electron chi connectivity index (χ1n) is 4.84. The van der Waals surface area contributed by atoms with Crippen LogP contribution in [0.25, 0.3) is 10.4 Å². The largest absolute Gasteiger partial charge is 0.390 e. The van der Waals surface area contributed by atoms with Gasteiger partial charge in [0.25, 0.3) is 5.91 Å². The van der Waals surface area contributed by atoms with Crippen LogP contribution in [0.5, 0.6) is 0 Å². The monoisotopic (exact) mass is 232 g/mol. The summed E-state index contributed by atoms with van der Waals surface area (Å²) < 4.78 is 0. The van der Waals surface area contributed by atoms with E-state index in [1.165, 1.54) is 16.9 Å². The molecule has 0 spiro atoms. The molecule has 0 saturated carbocycles. The molecule has 4 N–H and O–H groups in total. The zero-order chi connectivity index (χ0) is 11.7. The quantitative estimate of drug-likeness (QED) is 0.834. The van der Waals surface area contributed by atoms with Crippen LogP contribution in [0.3, 0.4) is 0 Å². The number of thiophene rings is 1. The third-order valence-electron chi connectivity index (χ3n) is 2.36. The molecule has 0 aliphatic rings. The number of rotatable bonds is 2. The van der Waals surface area contributed by atoms with Gasteiger partial charge < -0.3 is 11.5 Å². The lowest BCUT2D eigenvalue weighted by Gasteiger charge is -1.97. The van der Waals surface area contributed by atoms with E-state index in [1.807, 2.05) is 31.2 Å². The van der Waals surface area contributed by atoms with Gasteiger partial charge in [0.05, 0.1) is 10.6 Å². The van der Waals surface area contributed by atoms with Crippen molar-refractivity contribution in [2.45, 2.75) is 6.92 Å². The van der Waals surface area contributed by atoms with E-state index >= 15 is 0 Å². The van der Waals surface area contributed by atoms with E-state index in [2.05, 4.69) is 0 Å². The number of anilines is 1. The molecule has 1 aromatic heterocycles. The smallest absolute Gasteiger partial charge is 0.251 e. The second-order valence-electron chi connectivity index (χ2n) is 3.62. The van der Waals surface area contributed by atoms with Gasteiger partial charge in [-0.05, 0) is 18.6 Å². The summed E-state index contributed by atoms with van der Waals surface area (Å²) in [4.78, 5) is 12.0. The molecule has 0 radical (unpaired) electrons. The highest BCUT2D eigenvalue weighted by Gasteiger charge is 2.11. The third kappa shape index (κ3) is 1.92. The molecule has 0 aliphatic heterocycles. The lowest BCUT2D eigenvalue weighted by atomic mass is 10.1. The maximum Gasteiger partial charge on any atom is 0.251 e. The molecule has 16 heavy (non-hydrogen) atoms. The summed E-state index contributed by atoms with van der Waals surface area (Å²) >= 11 is 1.38. The van der Waals surface area contributed by atoms with E-state index in [0.29, 0.717) is 10.6 Å². The van der Waals surface area contributed by atoms with Gasteiger partial charge in [0.2, 0.25) is 0 Å². The average Bonchev–Trinajstić information content (AvgIpc) is 2.61. The molecule has 3 nitrogen and oxygen atoms in total. The highest BCUT2D eigenvalue weighted by molar-refractivity contribution is 7.19. The Balaban J connectivity index is 2.45. The molecule has 0 atom stereocenters. The van der Waals surface area contributed by atoms with Gasteiger partial charge in [0, 0.05) is 4.88 Å². The van der Waals surface area contributed by atoms with Crippen molar-refractivity contribution in [2.24, 2.45) is 5.73 Å². The summed E-state index contributed by atoms with van der Waals surface area (Å²) in [5.41, 5.74) is 13.6. The standard InChI is InChI=1S/C12H12N2OS/c1-7-2-4-8(5-3-7)10-6-9(11(13)15)12(14)16-10/h2-6H,14H2,1H3,(H2,13,15). The first kappa shape index (κ1) is 10.7. The van der Waals surface area contributed by atoms with Gasteiger partial charge in [0.15, 0.2) is 0 Å². The fraction of sp³-hybridized carbons (Fsp3) is 0.0833. The minimum atomic E-state index is -0.480. The van der Waals surface area contributed by atoms with Crippen LogP contribution in [0.15, 0.2) is 30.3 Å². The van der Waals surface area contributed by atoms with Crippen LogP contribution >= 0.6 is 11.3 Å². The molecule has 0 aliphatic carbocycles. The summed E-state index contributed by atoms with van der Waals surface area (Å²) in [6, 6.07) is 9.80. The first-order chi connectivity index (χ1) is 7.58. The van der Waals surface area contributed by atoms with Crippen LogP contribution in [-0.2, 0) is 0 Å². The van der Waals surface area contributed by atoms with Crippen molar-refractivity contribution >= 4 is 22.2 Å². The Morgan fingerprint density at radius 1 is 1.25 bits per heavy atom. The first-order valence-corrected chi connectivity index (χ1v) is 5.65. The van der Waals surface area contributed by atoms with Crippen LogP contribution in [0.2, 0.25) is 0 Å². The number of primary amides is 1.